The maximum absolute atomic E-state index is 9.40. The molecular weight excluding hydrogens is 380 g/mol. The lowest BCUT2D eigenvalue weighted by Crippen LogP contribution is -2.33. The normalized spacial score (nSPS) is 14.7. The van der Waals surface area contributed by atoms with Crippen molar-refractivity contribution >= 4 is 34.9 Å². The lowest BCUT2D eigenvalue weighted by molar-refractivity contribution is 0.313. The van der Waals surface area contributed by atoms with E-state index >= 15 is 0 Å². The summed E-state index contributed by atoms with van der Waals surface area (Å²) in [4.78, 5) is 8.75. The number of anilines is 3. The van der Waals surface area contributed by atoms with Crippen molar-refractivity contribution < 1.29 is 4.74 Å². The van der Waals surface area contributed by atoms with Crippen molar-refractivity contribution in [3.63, 3.8) is 0 Å². The minimum atomic E-state index is -0.710. The zero-order valence-corrected chi connectivity index (χ0v) is 15.7. The summed E-state index contributed by atoms with van der Waals surface area (Å²) in [6, 6.07) is 6.42. The summed E-state index contributed by atoms with van der Waals surface area (Å²) >= 11 is 6.21. The average Bonchev–Trinajstić information content (AvgIpc) is 2.66. The Kier molecular flexibility index (Phi) is 5.39. The topological polar surface area (TPSA) is 158 Å². The van der Waals surface area contributed by atoms with Gasteiger partial charge >= 0.3 is 0 Å². The van der Waals surface area contributed by atoms with Crippen LogP contribution in [0.2, 0.25) is 5.02 Å². The van der Waals surface area contributed by atoms with Crippen LogP contribution >= 0.6 is 11.6 Å². The van der Waals surface area contributed by atoms with E-state index in [2.05, 4.69) is 20.6 Å². The molecule has 3 rings (SSSR count). The van der Waals surface area contributed by atoms with Crippen molar-refractivity contribution in [2.24, 2.45) is 4.99 Å². The molecule has 1 aromatic heterocycles. The molecule has 9 nitrogen and oxygen atoms in total. The number of benzene rings is 1. The van der Waals surface area contributed by atoms with E-state index in [-0.39, 0.29) is 23.0 Å². The predicted octanol–water partition coefficient (Wildman–Crippen LogP) is 2.50. The molecule has 10 heteroatoms. The maximum atomic E-state index is 9.40. The molecule has 1 unspecified atom stereocenters. The molecule has 28 heavy (non-hydrogen) atoms. The lowest BCUT2D eigenvalue weighted by Gasteiger charge is -2.27. The molecule has 0 saturated carbocycles. The Morgan fingerprint density at radius 2 is 2.14 bits per heavy atom. The van der Waals surface area contributed by atoms with E-state index in [0.29, 0.717) is 34.3 Å². The first-order chi connectivity index (χ1) is 13.5. The van der Waals surface area contributed by atoms with Crippen LogP contribution in [0.25, 0.3) is 0 Å². The van der Waals surface area contributed by atoms with Crippen molar-refractivity contribution in [1.82, 2.24) is 10.3 Å². The van der Waals surface area contributed by atoms with E-state index in [1.165, 1.54) is 0 Å². The molecule has 0 fully saturated rings. The quantitative estimate of drug-likeness (QED) is 0.453. The van der Waals surface area contributed by atoms with Crippen LogP contribution in [0.5, 0.6) is 5.75 Å². The van der Waals surface area contributed by atoms with Crippen LogP contribution in [0.15, 0.2) is 23.2 Å². The smallest absolute Gasteiger partial charge is 0.211 e. The third-order valence-electron chi connectivity index (χ3n) is 4.09. The van der Waals surface area contributed by atoms with Crippen LogP contribution < -0.4 is 26.8 Å². The fraction of sp³-hybridized carbons (Fsp3) is 0.222. The molecule has 1 aliphatic heterocycles. The van der Waals surface area contributed by atoms with Crippen molar-refractivity contribution in [3.8, 4) is 18.0 Å². The molecule has 1 aromatic carbocycles. The van der Waals surface area contributed by atoms with Gasteiger partial charge in [0.05, 0.1) is 12.3 Å². The molecule has 0 bridgehead atoms. The minimum Gasteiger partial charge on any atom is -0.493 e. The summed E-state index contributed by atoms with van der Waals surface area (Å²) < 4.78 is 5.84. The van der Waals surface area contributed by atoms with Crippen molar-refractivity contribution in [1.29, 1.82) is 10.5 Å². The Balaban J connectivity index is 2.25. The Hall–Kier alpha value is -3.69. The first kappa shape index (κ1) is 19.1. The van der Waals surface area contributed by atoms with Crippen LogP contribution in [-0.4, -0.2) is 17.6 Å². The monoisotopic (exact) mass is 396 g/mol. The Labute approximate surface area is 166 Å². The number of rotatable bonds is 4. The molecular formula is C18H17ClN8O. The highest BCUT2D eigenvalue weighted by molar-refractivity contribution is 6.30. The van der Waals surface area contributed by atoms with E-state index in [9.17, 15) is 5.26 Å². The Morgan fingerprint density at radius 1 is 1.36 bits per heavy atom. The predicted molar refractivity (Wildman–Crippen MR) is 107 cm³/mol. The molecule has 2 heterocycles. The summed E-state index contributed by atoms with van der Waals surface area (Å²) in [6.07, 6.45) is 2.62. The fourth-order valence-corrected chi connectivity index (χ4v) is 3.06. The van der Waals surface area contributed by atoms with Gasteiger partial charge in [-0.05, 0) is 24.6 Å². The van der Waals surface area contributed by atoms with E-state index < -0.39 is 6.04 Å². The van der Waals surface area contributed by atoms with Crippen molar-refractivity contribution in [2.75, 3.05) is 23.4 Å². The second-order valence-electron chi connectivity index (χ2n) is 5.93. The SMILES string of the molecule is CCCOc1ccc(Cl)cc1C1N=C(NC#N)Nc2nc(N)c(C#N)c(N)c21. The van der Waals surface area contributed by atoms with Gasteiger partial charge in [-0.3, -0.25) is 5.32 Å². The lowest BCUT2D eigenvalue weighted by atomic mass is 9.94. The molecule has 2 aromatic rings. The molecule has 0 spiro atoms. The fourth-order valence-electron chi connectivity index (χ4n) is 2.88. The summed E-state index contributed by atoms with van der Waals surface area (Å²) in [5.74, 6) is 1.02. The number of nitrogen functional groups attached to an aromatic ring is 2. The number of pyridine rings is 1. The molecule has 0 aliphatic carbocycles. The summed E-state index contributed by atoms with van der Waals surface area (Å²) in [6.45, 7) is 2.49. The molecule has 0 radical (unpaired) electrons. The zero-order chi connectivity index (χ0) is 20.3. The highest BCUT2D eigenvalue weighted by Gasteiger charge is 2.31. The molecule has 142 valence electrons. The first-order valence-corrected chi connectivity index (χ1v) is 8.79. The summed E-state index contributed by atoms with van der Waals surface area (Å²) in [5.41, 5.74) is 13.4. The number of nitrogens with one attached hydrogen (secondary N) is 2. The first-order valence-electron chi connectivity index (χ1n) is 8.41. The van der Waals surface area contributed by atoms with Gasteiger partial charge in [-0.15, -0.1) is 0 Å². The maximum Gasteiger partial charge on any atom is 0.211 e. The van der Waals surface area contributed by atoms with E-state index in [0.717, 1.165) is 6.42 Å². The number of hydrogen-bond donors (Lipinski definition) is 4. The van der Waals surface area contributed by atoms with Crippen LogP contribution in [0.4, 0.5) is 17.3 Å². The van der Waals surface area contributed by atoms with Gasteiger partial charge in [0.2, 0.25) is 5.96 Å². The van der Waals surface area contributed by atoms with Gasteiger partial charge in [0.15, 0.2) is 6.19 Å². The number of aliphatic imine (C=N–C) groups is 1. The second-order valence-corrected chi connectivity index (χ2v) is 6.37. The zero-order valence-electron chi connectivity index (χ0n) is 15.0. The largest absolute Gasteiger partial charge is 0.493 e. The minimum absolute atomic E-state index is 0.0169. The second kappa shape index (κ2) is 7.91. The van der Waals surface area contributed by atoms with E-state index in [1.807, 2.05) is 19.2 Å². The number of nitrogens with zero attached hydrogens (tertiary/aromatic N) is 4. The molecule has 1 atom stereocenters. The van der Waals surface area contributed by atoms with Crippen LogP contribution in [0.3, 0.4) is 0 Å². The van der Waals surface area contributed by atoms with E-state index in [4.69, 9.17) is 33.1 Å². The molecule has 6 N–H and O–H groups in total. The number of nitriles is 2. The van der Waals surface area contributed by atoms with Crippen LogP contribution in [0.1, 0.15) is 36.1 Å². The molecule has 0 saturated heterocycles. The average molecular weight is 397 g/mol. The van der Waals surface area contributed by atoms with Crippen LogP contribution in [-0.2, 0) is 0 Å². The van der Waals surface area contributed by atoms with Crippen molar-refractivity contribution in [3.05, 3.63) is 39.9 Å². The van der Waals surface area contributed by atoms with Crippen molar-refractivity contribution in [2.45, 2.75) is 19.4 Å². The van der Waals surface area contributed by atoms with Gasteiger partial charge in [-0.1, -0.05) is 18.5 Å². The number of fused-ring (bicyclic) bond motifs is 1. The van der Waals surface area contributed by atoms with Gasteiger partial charge in [-0.25, -0.2) is 9.98 Å². The highest BCUT2D eigenvalue weighted by Crippen LogP contribution is 2.43. The summed E-state index contributed by atoms with van der Waals surface area (Å²) in [7, 11) is 0. The number of hydrogen-bond acceptors (Lipinski definition) is 9. The number of aromatic nitrogens is 1. The summed E-state index contributed by atoms with van der Waals surface area (Å²) in [5, 5.41) is 24.2. The van der Waals surface area contributed by atoms with Crippen LogP contribution in [0, 0.1) is 22.8 Å². The number of ether oxygens (including phenoxy) is 1. The number of halogens is 1. The standard InChI is InChI=1S/C18H17ClN8O/c1-2-5-28-12-4-3-9(19)6-10(12)15-13-14(22)11(7-20)16(23)26-17(13)27-18(25-15)24-8-21/h3-4,6,15H,2,5H2,1H3,(H6,22,23,24,25,26,27). The van der Waals surface area contributed by atoms with Gasteiger partial charge in [0.25, 0.3) is 0 Å². The van der Waals surface area contributed by atoms with E-state index in [1.54, 1.807) is 18.2 Å². The Bertz CT molecular complexity index is 1040. The number of guanidine groups is 1. The Morgan fingerprint density at radius 3 is 2.82 bits per heavy atom. The highest BCUT2D eigenvalue weighted by atomic mass is 35.5. The number of nitrogens with two attached hydrogens (primary N) is 2. The third kappa shape index (κ3) is 3.43. The van der Waals surface area contributed by atoms with Gasteiger partial charge in [0, 0.05) is 16.1 Å². The molecule has 0 amide bonds. The third-order valence-corrected chi connectivity index (χ3v) is 4.32. The van der Waals surface area contributed by atoms with Gasteiger partial charge < -0.3 is 21.5 Å². The molecule has 1 aliphatic rings. The van der Waals surface area contributed by atoms with Gasteiger partial charge in [-0.2, -0.15) is 10.5 Å². The van der Waals surface area contributed by atoms with Gasteiger partial charge in [0.1, 0.15) is 35.1 Å².